The predicted molar refractivity (Wildman–Crippen MR) is 73.4 cm³/mol. The van der Waals surface area contributed by atoms with Crippen LogP contribution in [0.3, 0.4) is 0 Å². The first kappa shape index (κ1) is 15.4. The molecule has 0 atom stereocenters. The van der Waals surface area contributed by atoms with Gasteiger partial charge in [-0.3, -0.25) is 4.79 Å². The molecule has 1 aromatic rings. The van der Waals surface area contributed by atoms with Gasteiger partial charge in [0.15, 0.2) is 0 Å². The zero-order chi connectivity index (χ0) is 14.8. The Kier molecular flexibility index (Phi) is 6.48. The monoisotopic (exact) mass is 276 g/mol. The van der Waals surface area contributed by atoms with Crippen LogP contribution in [0.15, 0.2) is 30.3 Å². The van der Waals surface area contributed by atoms with Crippen molar-refractivity contribution in [1.29, 1.82) is 0 Å². The van der Waals surface area contributed by atoms with E-state index in [2.05, 4.69) is 11.2 Å². The average molecular weight is 276 g/mol. The lowest BCUT2D eigenvalue weighted by Crippen LogP contribution is -2.44. The van der Waals surface area contributed by atoms with Crippen molar-refractivity contribution < 1.29 is 19.4 Å². The number of nitrogens with zero attached hydrogens (tertiary/aromatic N) is 1. The minimum absolute atomic E-state index is 0.0579. The molecule has 0 aliphatic rings. The molecule has 0 aliphatic carbocycles. The van der Waals surface area contributed by atoms with E-state index in [0.29, 0.717) is 5.75 Å². The third kappa shape index (κ3) is 5.78. The van der Waals surface area contributed by atoms with Crippen molar-refractivity contribution in [2.24, 2.45) is 0 Å². The van der Waals surface area contributed by atoms with Gasteiger partial charge < -0.3 is 20.1 Å². The molecule has 0 saturated heterocycles. The molecule has 0 aromatic heterocycles. The molecule has 0 heterocycles. The molecule has 1 rings (SSSR count). The van der Waals surface area contributed by atoms with Crippen LogP contribution >= 0.6 is 0 Å². The molecule has 1 aromatic carbocycles. The number of aliphatic carboxylic acids is 1. The number of hydrogen-bond acceptors (Lipinski definition) is 3. The fourth-order valence-corrected chi connectivity index (χ4v) is 1.43. The number of terminal acetylenes is 1. The zero-order valence-electron chi connectivity index (χ0n) is 10.9. The first-order valence-electron chi connectivity index (χ1n) is 5.99. The molecule has 0 radical (unpaired) electrons. The number of para-hydroxylation sites is 1. The number of carboxylic acids is 1. The van der Waals surface area contributed by atoms with Crippen LogP contribution in [0, 0.1) is 12.3 Å². The van der Waals surface area contributed by atoms with E-state index in [1.54, 1.807) is 12.1 Å². The maximum Gasteiger partial charge on any atom is 0.323 e. The standard InChI is InChI=1S/C14H16N2O4/c1-2-9-16(11-13(17)18)14(19)15-8-10-20-12-6-4-3-5-7-12/h1,3-7H,8-11H2,(H,15,19)(H,17,18). The smallest absolute Gasteiger partial charge is 0.323 e. The molecule has 0 bridgehead atoms. The van der Waals surface area contributed by atoms with Gasteiger partial charge in [-0.1, -0.05) is 24.1 Å². The number of rotatable bonds is 7. The number of carbonyl (C=O) groups is 2. The van der Waals surface area contributed by atoms with E-state index in [1.165, 1.54) is 0 Å². The fourth-order valence-electron chi connectivity index (χ4n) is 1.43. The molecule has 20 heavy (non-hydrogen) atoms. The van der Waals surface area contributed by atoms with Gasteiger partial charge in [0.25, 0.3) is 0 Å². The van der Waals surface area contributed by atoms with Gasteiger partial charge in [-0.15, -0.1) is 6.42 Å². The van der Waals surface area contributed by atoms with Crippen molar-refractivity contribution in [2.75, 3.05) is 26.2 Å². The summed E-state index contributed by atoms with van der Waals surface area (Å²) < 4.78 is 5.39. The lowest BCUT2D eigenvalue weighted by Gasteiger charge is -2.18. The van der Waals surface area contributed by atoms with Gasteiger partial charge in [0.05, 0.1) is 13.1 Å². The maximum absolute atomic E-state index is 11.7. The van der Waals surface area contributed by atoms with Crippen LogP contribution < -0.4 is 10.1 Å². The second-order valence-electron chi connectivity index (χ2n) is 3.85. The number of carboxylic acid groups (broad SMARTS) is 1. The second kappa shape index (κ2) is 8.43. The zero-order valence-corrected chi connectivity index (χ0v) is 10.9. The van der Waals surface area contributed by atoms with E-state index < -0.39 is 18.5 Å². The molecule has 0 spiro atoms. The van der Waals surface area contributed by atoms with E-state index in [4.69, 9.17) is 16.3 Å². The van der Waals surface area contributed by atoms with Crippen LogP contribution in [0.2, 0.25) is 0 Å². The normalized spacial score (nSPS) is 9.35. The minimum Gasteiger partial charge on any atom is -0.492 e. The number of amides is 2. The van der Waals surface area contributed by atoms with Crippen LogP contribution in [-0.4, -0.2) is 48.2 Å². The lowest BCUT2D eigenvalue weighted by atomic mass is 10.3. The Hall–Kier alpha value is -2.68. The summed E-state index contributed by atoms with van der Waals surface area (Å²) in [4.78, 5) is 23.3. The molecule has 2 amide bonds. The molecule has 106 valence electrons. The lowest BCUT2D eigenvalue weighted by molar-refractivity contribution is -0.137. The van der Waals surface area contributed by atoms with Crippen LogP contribution in [0.25, 0.3) is 0 Å². The van der Waals surface area contributed by atoms with E-state index in [0.717, 1.165) is 4.90 Å². The van der Waals surface area contributed by atoms with Gasteiger partial charge >= 0.3 is 12.0 Å². The number of ether oxygens (including phenoxy) is 1. The molecule has 0 aliphatic heterocycles. The third-order valence-corrected chi connectivity index (χ3v) is 2.29. The molecule has 6 heteroatoms. The third-order valence-electron chi connectivity index (χ3n) is 2.29. The quantitative estimate of drug-likeness (QED) is 0.570. The molecule has 0 fully saturated rings. The van der Waals surface area contributed by atoms with E-state index in [-0.39, 0.29) is 19.7 Å². The van der Waals surface area contributed by atoms with Gasteiger partial charge in [0.1, 0.15) is 18.9 Å². The highest BCUT2D eigenvalue weighted by Gasteiger charge is 2.14. The SMILES string of the molecule is C#CCN(CC(=O)O)C(=O)NCCOc1ccccc1. The van der Waals surface area contributed by atoms with Gasteiger partial charge in [-0.2, -0.15) is 0 Å². The predicted octanol–water partition coefficient (Wildman–Crippen LogP) is 0.795. The van der Waals surface area contributed by atoms with E-state index in [9.17, 15) is 9.59 Å². The van der Waals surface area contributed by atoms with Crippen molar-refractivity contribution in [3.63, 3.8) is 0 Å². The molecule has 0 unspecified atom stereocenters. The Bertz CT molecular complexity index is 482. The van der Waals surface area contributed by atoms with Gasteiger partial charge in [0.2, 0.25) is 0 Å². The largest absolute Gasteiger partial charge is 0.492 e. The number of urea groups is 1. The van der Waals surface area contributed by atoms with Crippen molar-refractivity contribution in [2.45, 2.75) is 0 Å². The minimum atomic E-state index is -1.11. The number of carbonyl (C=O) groups excluding carboxylic acids is 1. The van der Waals surface area contributed by atoms with Crippen LogP contribution in [-0.2, 0) is 4.79 Å². The van der Waals surface area contributed by atoms with Crippen molar-refractivity contribution >= 4 is 12.0 Å². The van der Waals surface area contributed by atoms with Crippen molar-refractivity contribution in [1.82, 2.24) is 10.2 Å². The highest BCUT2D eigenvalue weighted by atomic mass is 16.5. The molecule has 2 N–H and O–H groups in total. The topological polar surface area (TPSA) is 78.9 Å². The summed E-state index contributed by atoms with van der Waals surface area (Å²) in [6, 6.07) is 8.64. The van der Waals surface area contributed by atoms with Gasteiger partial charge in [-0.05, 0) is 12.1 Å². The highest BCUT2D eigenvalue weighted by molar-refractivity contribution is 5.80. The molecular formula is C14H16N2O4. The molecule has 6 nitrogen and oxygen atoms in total. The van der Waals surface area contributed by atoms with Crippen molar-refractivity contribution in [3.05, 3.63) is 30.3 Å². The summed E-state index contributed by atoms with van der Waals surface area (Å²) >= 11 is 0. The Balaban J connectivity index is 2.30. The van der Waals surface area contributed by atoms with Crippen LogP contribution in [0.1, 0.15) is 0 Å². The molecule has 0 saturated carbocycles. The van der Waals surface area contributed by atoms with E-state index in [1.807, 2.05) is 18.2 Å². The summed E-state index contributed by atoms with van der Waals surface area (Å²) in [6.45, 7) is 0.0500. The first-order chi connectivity index (χ1) is 9.63. The summed E-state index contributed by atoms with van der Waals surface area (Å²) in [5.41, 5.74) is 0. The summed E-state index contributed by atoms with van der Waals surface area (Å²) in [5.74, 6) is 1.83. The number of nitrogens with one attached hydrogen (secondary N) is 1. The second-order valence-corrected chi connectivity index (χ2v) is 3.85. The maximum atomic E-state index is 11.7. The Morgan fingerprint density at radius 1 is 1.35 bits per heavy atom. The van der Waals surface area contributed by atoms with Crippen LogP contribution in [0.5, 0.6) is 5.75 Å². The Morgan fingerprint density at radius 2 is 2.05 bits per heavy atom. The van der Waals surface area contributed by atoms with Gasteiger partial charge in [-0.25, -0.2) is 4.79 Å². The summed E-state index contributed by atoms with van der Waals surface area (Å²) in [7, 11) is 0. The summed E-state index contributed by atoms with van der Waals surface area (Å²) in [6.07, 6.45) is 5.08. The highest BCUT2D eigenvalue weighted by Crippen LogP contribution is 2.07. The first-order valence-corrected chi connectivity index (χ1v) is 5.99. The number of benzene rings is 1. The van der Waals surface area contributed by atoms with Gasteiger partial charge in [0, 0.05) is 0 Å². The van der Waals surface area contributed by atoms with Crippen molar-refractivity contribution in [3.8, 4) is 18.1 Å². The van der Waals surface area contributed by atoms with E-state index >= 15 is 0 Å². The molecular weight excluding hydrogens is 260 g/mol. The average Bonchev–Trinajstić information content (AvgIpc) is 2.43. The number of hydrogen-bond donors (Lipinski definition) is 2. The Morgan fingerprint density at radius 3 is 2.65 bits per heavy atom. The van der Waals surface area contributed by atoms with Crippen LogP contribution in [0.4, 0.5) is 4.79 Å². The fraction of sp³-hybridized carbons (Fsp3) is 0.286. The summed E-state index contributed by atoms with van der Waals surface area (Å²) in [5, 5.41) is 11.2. The Labute approximate surface area is 117 Å².